The van der Waals surface area contributed by atoms with E-state index in [1.165, 1.54) is 48.5 Å². The van der Waals surface area contributed by atoms with E-state index in [2.05, 4.69) is 0 Å². The van der Waals surface area contributed by atoms with Crippen LogP contribution in [0.2, 0.25) is 0 Å². The normalized spacial score (nSPS) is 25.1. The summed E-state index contributed by atoms with van der Waals surface area (Å²) in [6, 6.07) is 47.6. The topological polar surface area (TPSA) is 239 Å². The molecular weight excluding hydrogens is 957 g/mol. The SMILES string of the molecule is CCCC[C@]1(OP(=O)(O)O)[C@@H](O)[C@](O)(Cc2ccccc2)[C@@](O)(P(=O)(OCc2ccccc2)OCc2ccccc2)[C@](O)(P(=O)(OCc2ccccc2)OCc2ccccc2)[C@@]1(O)Cc1ccccc1. The fourth-order valence-corrected chi connectivity index (χ4v) is 15.6. The molecule has 6 aromatic carbocycles. The number of aliphatic hydroxyl groups is 5. The van der Waals surface area contributed by atoms with Gasteiger partial charge in [0.2, 0.25) is 10.7 Å². The maximum Gasteiger partial charge on any atom is 0.470 e. The molecule has 7 rings (SSSR count). The number of aliphatic hydroxyl groups excluding tert-OH is 1. The highest BCUT2D eigenvalue weighted by Gasteiger charge is 2.94. The summed E-state index contributed by atoms with van der Waals surface area (Å²) in [5.41, 5.74) is -9.53. The van der Waals surface area contributed by atoms with Crippen molar-refractivity contribution in [1.29, 1.82) is 0 Å². The molecule has 1 saturated carbocycles. The highest BCUT2D eigenvalue weighted by atomic mass is 31.2. The number of hydrogen-bond donors (Lipinski definition) is 7. The van der Waals surface area contributed by atoms with Gasteiger partial charge < -0.3 is 53.4 Å². The minimum absolute atomic E-state index is 0.0459. The number of hydrogen-bond acceptors (Lipinski definition) is 13. The van der Waals surface area contributed by atoms with Crippen LogP contribution in [0, 0.1) is 0 Å². The van der Waals surface area contributed by atoms with Gasteiger partial charge in [-0.2, -0.15) is 0 Å². The molecule has 0 aromatic heterocycles. The van der Waals surface area contributed by atoms with Gasteiger partial charge in [0.1, 0.15) is 22.9 Å². The van der Waals surface area contributed by atoms with Crippen LogP contribution in [0.1, 0.15) is 59.6 Å². The molecule has 372 valence electrons. The van der Waals surface area contributed by atoms with E-state index in [0.717, 1.165) is 0 Å². The number of phosphoric ester groups is 1. The molecule has 1 aliphatic carbocycles. The summed E-state index contributed by atoms with van der Waals surface area (Å²) in [7, 11) is -18.3. The van der Waals surface area contributed by atoms with Crippen molar-refractivity contribution in [3.05, 3.63) is 215 Å². The Kier molecular flexibility index (Phi) is 16.8. The molecule has 6 atom stereocenters. The van der Waals surface area contributed by atoms with Gasteiger partial charge in [-0.3, -0.25) is 13.7 Å². The van der Waals surface area contributed by atoms with Crippen LogP contribution in [-0.2, 0) is 75.6 Å². The lowest BCUT2D eigenvalue weighted by Crippen LogP contribution is -2.91. The zero-order valence-electron chi connectivity index (χ0n) is 38.5. The summed E-state index contributed by atoms with van der Waals surface area (Å²) in [5.74, 6) is 0. The summed E-state index contributed by atoms with van der Waals surface area (Å²) >= 11 is 0. The highest BCUT2D eigenvalue weighted by Crippen LogP contribution is 2.83. The van der Waals surface area contributed by atoms with Crippen molar-refractivity contribution in [3.8, 4) is 0 Å². The lowest BCUT2D eigenvalue weighted by molar-refractivity contribution is -0.369. The second kappa shape index (κ2) is 22.1. The Morgan fingerprint density at radius 1 is 0.457 bits per heavy atom. The Morgan fingerprint density at radius 3 is 1.07 bits per heavy atom. The van der Waals surface area contributed by atoms with Gasteiger partial charge in [0.25, 0.3) is 0 Å². The van der Waals surface area contributed by atoms with Crippen LogP contribution in [0.5, 0.6) is 0 Å². The predicted molar refractivity (Wildman–Crippen MR) is 262 cm³/mol. The summed E-state index contributed by atoms with van der Waals surface area (Å²) in [6.45, 7) is -1.14. The van der Waals surface area contributed by atoms with Crippen LogP contribution in [0.3, 0.4) is 0 Å². The molecule has 6 aromatic rings. The smallest absolute Gasteiger partial charge is 0.387 e. The molecule has 0 heterocycles. The molecule has 0 amide bonds. The largest absolute Gasteiger partial charge is 0.470 e. The predicted octanol–water partition coefficient (Wildman–Crippen LogP) is 8.98. The quantitative estimate of drug-likeness (QED) is 0.0297. The summed E-state index contributed by atoms with van der Waals surface area (Å²) < 4.78 is 78.7. The van der Waals surface area contributed by atoms with Crippen LogP contribution in [0.15, 0.2) is 182 Å². The molecule has 15 nitrogen and oxygen atoms in total. The first kappa shape index (κ1) is 53.3. The number of phosphoric acid groups is 1. The lowest BCUT2D eigenvalue weighted by Gasteiger charge is -2.69. The third-order valence-corrected chi connectivity index (χ3v) is 18.4. The molecular formula is C52H59O15P3. The average Bonchev–Trinajstić information content (AvgIpc) is 3.37. The zero-order chi connectivity index (χ0) is 50.2. The van der Waals surface area contributed by atoms with Crippen molar-refractivity contribution >= 4 is 23.0 Å². The molecule has 1 aliphatic rings. The Hall–Kier alpha value is -4.47. The lowest BCUT2D eigenvalue weighted by atomic mass is 9.55. The Labute approximate surface area is 407 Å². The number of unbranched alkanes of at least 4 members (excludes halogenated alkanes) is 1. The fourth-order valence-electron chi connectivity index (χ4n) is 9.37. The Balaban J connectivity index is 1.67. The van der Waals surface area contributed by atoms with Crippen molar-refractivity contribution in [2.45, 2.75) is 99.0 Å². The first-order valence-corrected chi connectivity index (χ1v) is 27.4. The van der Waals surface area contributed by atoms with E-state index in [0.29, 0.717) is 22.3 Å². The van der Waals surface area contributed by atoms with Crippen molar-refractivity contribution in [3.63, 3.8) is 0 Å². The van der Waals surface area contributed by atoms with Gasteiger partial charge in [0, 0.05) is 12.8 Å². The van der Waals surface area contributed by atoms with E-state index in [-0.39, 0.29) is 24.0 Å². The van der Waals surface area contributed by atoms with Crippen molar-refractivity contribution in [2.75, 3.05) is 0 Å². The third-order valence-electron chi connectivity index (χ3n) is 12.8. The Bertz CT molecular complexity index is 2650. The monoisotopic (exact) mass is 1020 g/mol. The molecule has 0 bridgehead atoms. The van der Waals surface area contributed by atoms with E-state index < -0.39 is 102 Å². The van der Waals surface area contributed by atoms with Crippen LogP contribution in [0.4, 0.5) is 0 Å². The number of rotatable bonds is 23. The van der Waals surface area contributed by atoms with Crippen molar-refractivity contribution in [1.82, 2.24) is 0 Å². The minimum Gasteiger partial charge on any atom is -0.387 e. The average molecular weight is 1020 g/mol. The van der Waals surface area contributed by atoms with Gasteiger partial charge in [-0.15, -0.1) is 0 Å². The van der Waals surface area contributed by atoms with Crippen LogP contribution in [-0.4, -0.2) is 68.9 Å². The number of benzene rings is 6. The van der Waals surface area contributed by atoms with Crippen molar-refractivity contribution in [2.24, 2.45) is 0 Å². The molecule has 0 aliphatic heterocycles. The standard InChI is InChI=1S/C52H59O15P3/c1-2-3-34-49(67-70(60,61)62)47(53)48(54,35-41-22-10-4-11-23-41)51(56,68(58,63-37-43-26-14-6-15-27-43)64-38-44-28-16-7-17-29-44)52(57,50(49,55)36-42-24-12-5-13-25-42)69(59,65-39-45-30-18-8-19-31-45)66-40-46-32-20-9-21-33-46/h4-33,47,53-57H,2-3,34-40H2,1H3,(H2,60,61,62)/t47-,48+,49-,50+,51+,52+/m0/s1. The molecule has 0 saturated heterocycles. The molecule has 0 radical (unpaired) electrons. The van der Waals surface area contributed by atoms with E-state index in [9.17, 15) is 39.9 Å². The molecule has 1 fully saturated rings. The first-order chi connectivity index (χ1) is 33.4. The molecule has 0 unspecified atom stereocenters. The van der Waals surface area contributed by atoms with Gasteiger partial charge in [0.05, 0.1) is 26.4 Å². The fraction of sp³-hybridized carbons (Fsp3) is 0.308. The van der Waals surface area contributed by atoms with Gasteiger partial charge in [-0.1, -0.05) is 202 Å². The van der Waals surface area contributed by atoms with E-state index >= 15 is 9.13 Å². The van der Waals surface area contributed by atoms with Gasteiger partial charge >= 0.3 is 23.0 Å². The van der Waals surface area contributed by atoms with Gasteiger partial charge in [-0.25, -0.2) is 4.57 Å². The summed E-state index contributed by atoms with van der Waals surface area (Å²) in [4.78, 5) is 22.0. The maximum atomic E-state index is 17.1. The first-order valence-electron chi connectivity index (χ1n) is 22.7. The zero-order valence-corrected chi connectivity index (χ0v) is 41.2. The Morgan fingerprint density at radius 2 is 0.757 bits per heavy atom. The van der Waals surface area contributed by atoms with Crippen molar-refractivity contribution < 1.29 is 71.6 Å². The summed E-state index contributed by atoms with van der Waals surface area (Å²) in [5, 5.41) is 62.6. The van der Waals surface area contributed by atoms with Crippen LogP contribution in [0.25, 0.3) is 0 Å². The van der Waals surface area contributed by atoms with E-state index in [1.807, 2.05) is 0 Å². The minimum atomic E-state index is -6.17. The van der Waals surface area contributed by atoms with E-state index in [4.69, 9.17) is 22.6 Å². The van der Waals surface area contributed by atoms with Gasteiger partial charge in [0.15, 0.2) is 0 Å². The maximum absolute atomic E-state index is 17.1. The van der Waals surface area contributed by atoms with E-state index in [1.54, 1.807) is 140 Å². The third kappa shape index (κ3) is 10.4. The van der Waals surface area contributed by atoms with Crippen LogP contribution < -0.4 is 0 Å². The van der Waals surface area contributed by atoms with Crippen LogP contribution >= 0.6 is 23.0 Å². The molecule has 7 N–H and O–H groups in total. The summed E-state index contributed by atoms with van der Waals surface area (Å²) in [6.07, 6.45) is -5.92. The second-order valence-electron chi connectivity index (χ2n) is 17.5. The molecule has 70 heavy (non-hydrogen) atoms. The second-order valence-corrected chi connectivity index (χ2v) is 22.9. The molecule has 0 spiro atoms. The van der Waals surface area contributed by atoms with Gasteiger partial charge in [-0.05, 0) is 39.8 Å². The molecule has 18 heteroatoms. The highest BCUT2D eigenvalue weighted by molar-refractivity contribution is 7.60.